The summed E-state index contributed by atoms with van der Waals surface area (Å²) in [5.41, 5.74) is 0. The van der Waals surface area contributed by atoms with E-state index in [4.69, 9.17) is 0 Å². The van der Waals surface area contributed by atoms with E-state index in [1.165, 1.54) is 12.8 Å². The van der Waals surface area contributed by atoms with E-state index >= 15 is 0 Å². The van der Waals surface area contributed by atoms with Gasteiger partial charge in [0.15, 0.2) is 0 Å². The van der Waals surface area contributed by atoms with E-state index in [-0.39, 0.29) is 0 Å². The van der Waals surface area contributed by atoms with Crippen molar-refractivity contribution in [3.8, 4) is 0 Å². The number of cyclic esters (lactones) is 1. The van der Waals surface area contributed by atoms with Gasteiger partial charge < -0.3 is 10.1 Å². The number of carbonyl (C=O) groups is 1. The maximum Gasteiger partial charge on any atom is 0.377 e. The first kappa shape index (κ1) is 15.3. The predicted molar refractivity (Wildman–Crippen MR) is 65.6 cm³/mol. The average Bonchev–Trinajstić information content (AvgIpc) is 2.57. The van der Waals surface area contributed by atoms with E-state index in [1.807, 2.05) is 0 Å². The number of esters is 1. The van der Waals surface area contributed by atoms with Crippen LogP contribution in [0.2, 0.25) is 0 Å². The molecule has 1 aliphatic heterocycles. The third-order valence-electron chi connectivity index (χ3n) is 3.40. The number of hydrogen-bond donors (Lipinski definition) is 1. The summed E-state index contributed by atoms with van der Waals surface area (Å²) in [6, 6.07) is 0. The zero-order valence-electron chi connectivity index (χ0n) is 11.2. The van der Waals surface area contributed by atoms with Crippen molar-refractivity contribution in [2.24, 2.45) is 5.92 Å². The number of rotatable bonds is 8. The first-order valence-electron chi connectivity index (χ1n) is 6.79. The fourth-order valence-electron chi connectivity index (χ4n) is 2.15. The lowest BCUT2D eigenvalue weighted by Crippen LogP contribution is -2.31. The lowest BCUT2D eigenvalue weighted by Gasteiger charge is -2.16. The van der Waals surface area contributed by atoms with Gasteiger partial charge in [-0.2, -0.15) is 8.78 Å². The highest BCUT2D eigenvalue weighted by molar-refractivity contribution is 5.79. The second-order valence-corrected chi connectivity index (χ2v) is 5.01. The van der Waals surface area contributed by atoms with Crippen molar-refractivity contribution in [3.05, 3.63) is 0 Å². The van der Waals surface area contributed by atoms with Crippen molar-refractivity contribution in [3.63, 3.8) is 0 Å². The van der Waals surface area contributed by atoms with Gasteiger partial charge in [0.05, 0.1) is 6.42 Å². The molecule has 1 N–H and O–H groups in total. The van der Waals surface area contributed by atoms with Gasteiger partial charge in [0.2, 0.25) is 0 Å². The molecule has 0 aromatic rings. The Morgan fingerprint density at radius 2 is 2.22 bits per heavy atom. The first-order valence-corrected chi connectivity index (χ1v) is 6.79. The van der Waals surface area contributed by atoms with E-state index in [1.54, 1.807) is 0 Å². The van der Waals surface area contributed by atoms with Crippen molar-refractivity contribution in [1.29, 1.82) is 0 Å². The van der Waals surface area contributed by atoms with Gasteiger partial charge in [-0.1, -0.05) is 33.1 Å². The molecular weight excluding hydrogens is 240 g/mol. The minimum Gasteiger partial charge on any atom is -0.456 e. The summed E-state index contributed by atoms with van der Waals surface area (Å²) in [4.78, 5) is 10.8. The van der Waals surface area contributed by atoms with E-state index in [0.29, 0.717) is 12.5 Å². The minimum atomic E-state index is -3.29. The molecule has 18 heavy (non-hydrogen) atoms. The number of alkyl halides is 2. The summed E-state index contributed by atoms with van der Waals surface area (Å²) in [7, 11) is 0. The molecule has 2 unspecified atom stereocenters. The van der Waals surface area contributed by atoms with Gasteiger partial charge in [-0.05, 0) is 18.9 Å². The highest BCUT2D eigenvalue weighted by Crippen LogP contribution is 2.30. The van der Waals surface area contributed by atoms with Gasteiger partial charge in [-0.15, -0.1) is 0 Å². The number of ether oxygens (including phenoxy) is 1. The van der Waals surface area contributed by atoms with Gasteiger partial charge in [0.25, 0.3) is 0 Å². The van der Waals surface area contributed by atoms with E-state index in [9.17, 15) is 13.6 Å². The van der Waals surface area contributed by atoms with Crippen LogP contribution in [-0.4, -0.2) is 31.1 Å². The zero-order chi connectivity index (χ0) is 13.6. The molecule has 0 aliphatic carbocycles. The third kappa shape index (κ3) is 4.52. The lowest BCUT2D eigenvalue weighted by atomic mass is 9.99. The van der Waals surface area contributed by atoms with Crippen LogP contribution >= 0.6 is 0 Å². The van der Waals surface area contributed by atoms with Crippen LogP contribution < -0.4 is 5.32 Å². The van der Waals surface area contributed by atoms with Gasteiger partial charge in [0, 0.05) is 6.54 Å². The van der Waals surface area contributed by atoms with Gasteiger partial charge in [-0.3, -0.25) is 0 Å². The van der Waals surface area contributed by atoms with E-state index in [0.717, 1.165) is 19.4 Å². The largest absolute Gasteiger partial charge is 0.456 e. The molecule has 0 radical (unpaired) electrons. The van der Waals surface area contributed by atoms with Crippen LogP contribution in [0.15, 0.2) is 0 Å². The molecule has 2 atom stereocenters. The molecule has 5 heteroatoms. The summed E-state index contributed by atoms with van der Waals surface area (Å²) in [5, 5.41) is 3.14. The number of hydrogen-bond acceptors (Lipinski definition) is 3. The number of carbonyl (C=O) groups excluding carboxylic acids is 1. The third-order valence-corrected chi connectivity index (χ3v) is 3.40. The molecule has 3 nitrogen and oxygen atoms in total. The molecule has 0 aromatic heterocycles. The molecular formula is C13H23F2NO2. The fourth-order valence-corrected chi connectivity index (χ4v) is 2.15. The topological polar surface area (TPSA) is 38.3 Å². The molecule has 0 amide bonds. The summed E-state index contributed by atoms with van der Waals surface area (Å²) in [6.07, 6.45) is 3.41. The van der Waals surface area contributed by atoms with Gasteiger partial charge >= 0.3 is 11.9 Å². The van der Waals surface area contributed by atoms with Gasteiger partial charge in [-0.25, -0.2) is 4.79 Å². The SMILES string of the molecule is CCCCC(CC)CNCC1CC(F)(F)C(=O)O1. The van der Waals surface area contributed by atoms with Crippen molar-refractivity contribution in [2.75, 3.05) is 13.1 Å². The second-order valence-electron chi connectivity index (χ2n) is 5.01. The molecule has 0 bridgehead atoms. The van der Waals surface area contributed by atoms with Crippen molar-refractivity contribution in [1.82, 2.24) is 5.32 Å². The highest BCUT2D eigenvalue weighted by atomic mass is 19.3. The average molecular weight is 263 g/mol. The van der Waals surface area contributed by atoms with Crippen LogP contribution in [0.1, 0.15) is 46.0 Å². The Morgan fingerprint density at radius 3 is 2.72 bits per heavy atom. The Balaban J connectivity index is 2.20. The van der Waals surface area contributed by atoms with E-state index < -0.39 is 24.4 Å². The lowest BCUT2D eigenvalue weighted by molar-refractivity contribution is -0.159. The minimum absolute atomic E-state index is 0.323. The summed E-state index contributed by atoms with van der Waals surface area (Å²) in [6.45, 7) is 5.41. The monoisotopic (exact) mass is 263 g/mol. The summed E-state index contributed by atoms with van der Waals surface area (Å²) < 4.78 is 30.4. The van der Waals surface area contributed by atoms with Crippen LogP contribution in [0.25, 0.3) is 0 Å². The fraction of sp³-hybridized carbons (Fsp3) is 0.923. The second kappa shape index (κ2) is 7.02. The highest BCUT2D eigenvalue weighted by Gasteiger charge is 2.50. The molecule has 0 spiro atoms. The van der Waals surface area contributed by atoms with Crippen LogP contribution in [0, 0.1) is 5.92 Å². The quantitative estimate of drug-likeness (QED) is 0.684. The smallest absolute Gasteiger partial charge is 0.377 e. The summed E-state index contributed by atoms with van der Waals surface area (Å²) >= 11 is 0. The van der Waals surface area contributed by atoms with Crippen LogP contribution in [0.5, 0.6) is 0 Å². The Bertz CT molecular complexity index is 272. The normalized spacial score (nSPS) is 24.0. The molecule has 1 heterocycles. The predicted octanol–water partition coefficient (Wildman–Crippen LogP) is 2.74. The first-order chi connectivity index (χ1) is 8.49. The summed E-state index contributed by atoms with van der Waals surface area (Å²) in [5.74, 6) is -4.10. The molecule has 1 rings (SSSR count). The van der Waals surface area contributed by atoms with Gasteiger partial charge in [0.1, 0.15) is 6.10 Å². The maximum absolute atomic E-state index is 12.9. The van der Waals surface area contributed by atoms with Crippen LogP contribution in [0.4, 0.5) is 8.78 Å². The molecule has 1 saturated heterocycles. The van der Waals surface area contributed by atoms with Crippen molar-refractivity contribution < 1.29 is 18.3 Å². The molecule has 1 fully saturated rings. The Labute approximate surface area is 107 Å². The van der Waals surface area contributed by atoms with Crippen LogP contribution in [0.3, 0.4) is 0 Å². The Hall–Kier alpha value is -0.710. The van der Waals surface area contributed by atoms with Crippen LogP contribution in [-0.2, 0) is 9.53 Å². The van der Waals surface area contributed by atoms with Crippen molar-refractivity contribution >= 4 is 5.97 Å². The van der Waals surface area contributed by atoms with Crippen molar-refractivity contribution in [2.45, 2.75) is 58.0 Å². The molecule has 106 valence electrons. The molecule has 0 saturated carbocycles. The van der Waals surface area contributed by atoms with E-state index in [2.05, 4.69) is 23.9 Å². The molecule has 0 aromatic carbocycles. The number of nitrogens with one attached hydrogen (secondary N) is 1. The number of unbranched alkanes of at least 4 members (excludes halogenated alkanes) is 1. The maximum atomic E-state index is 12.9. The standard InChI is InChI=1S/C13H23F2NO2/c1-3-5-6-10(4-2)8-16-9-11-7-13(14,15)12(17)18-11/h10-11,16H,3-9H2,1-2H3. The molecule has 1 aliphatic rings. The zero-order valence-corrected chi connectivity index (χ0v) is 11.2. The Kier molecular flexibility index (Phi) is 5.99. The number of halogens is 2. The Morgan fingerprint density at radius 1 is 1.50 bits per heavy atom.